The molecule has 1 aliphatic heterocycles. The Morgan fingerprint density at radius 3 is 1.75 bits per heavy atom. The molecule has 0 aromatic heterocycles. The van der Waals surface area contributed by atoms with E-state index in [9.17, 15) is 0 Å². The molecule has 1 saturated heterocycles. The zero-order chi connectivity index (χ0) is 5.56. The molecule has 2 bridgehead atoms. The van der Waals surface area contributed by atoms with Crippen LogP contribution in [0, 0.1) is 0 Å². The smallest absolute Gasteiger partial charge is 0.108 e. The van der Waals surface area contributed by atoms with Gasteiger partial charge in [-0.25, -0.2) is 9.78 Å². The molecule has 0 aromatic carbocycles. The third-order valence-electron chi connectivity index (χ3n) is 1.75. The number of halogens is 1. The van der Waals surface area contributed by atoms with Crippen molar-refractivity contribution in [2.24, 2.45) is 0 Å². The summed E-state index contributed by atoms with van der Waals surface area (Å²) in [6.45, 7) is 0. The van der Waals surface area contributed by atoms with Crippen molar-refractivity contribution in [3.63, 3.8) is 0 Å². The predicted octanol–water partition coefficient (Wildman–Crippen LogP) is 1.24. The lowest BCUT2D eigenvalue weighted by Gasteiger charge is -2.06. The van der Waals surface area contributed by atoms with Crippen LogP contribution in [0.5, 0.6) is 0 Å². The van der Waals surface area contributed by atoms with Gasteiger partial charge in [-0.3, -0.25) is 0 Å². The lowest BCUT2D eigenvalue weighted by Crippen LogP contribution is -2.11. The molecule has 2 unspecified atom stereocenters. The molecule has 0 N–H and O–H groups in total. The average molecular weight is 179 g/mol. The minimum Gasteiger partial charge on any atom is -0.232 e. The van der Waals surface area contributed by atoms with Crippen LogP contribution in [0.2, 0.25) is 0 Å². The maximum absolute atomic E-state index is 4.92. The molecule has 0 amide bonds. The molecule has 2 fully saturated rings. The normalized spacial score (nSPS) is 52.9. The highest BCUT2D eigenvalue weighted by molar-refractivity contribution is 9.09. The fraction of sp³-hybridized carbons (Fsp3) is 1.00. The summed E-state index contributed by atoms with van der Waals surface area (Å²) in [6.07, 6.45) is 2.97. The van der Waals surface area contributed by atoms with Crippen molar-refractivity contribution in [1.82, 2.24) is 0 Å². The summed E-state index contributed by atoms with van der Waals surface area (Å²) in [5.41, 5.74) is 0. The number of alkyl halides is 1. The van der Waals surface area contributed by atoms with E-state index < -0.39 is 0 Å². The lowest BCUT2D eigenvalue weighted by molar-refractivity contribution is -0.315. The van der Waals surface area contributed by atoms with Crippen LogP contribution >= 0.6 is 15.9 Å². The first-order valence-electron chi connectivity index (χ1n) is 2.84. The molecule has 46 valence electrons. The molecule has 1 aliphatic carbocycles. The molecule has 0 spiro atoms. The fourth-order valence-electron chi connectivity index (χ4n) is 1.23. The maximum Gasteiger partial charge on any atom is 0.108 e. The van der Waals surface area contributed by atoms with Gasteiger partial charge in [0.2, 0.25) is 0 Å². The van der Waals surface area contributed by atoms with Crippen LogP contribution in [0.15, 0.2) is 0 Å². The Balaban J connectivity index is 2.16. The van der Waals surface area contributed by atoms with E-state index in [0.29, 0.717) is 17.0 Å². The summed E-state index contributed by atoms with van der Waals surface area (Å²) in [6, 6.07) is 0. The molecule has 3 heteroatoms. The summed E-state index contributed by atoms with van der Waals surface area (Å²) < 4.78 is 0. The van der Waals surface area contributed by atoms with Gasteiger partial charge in [0, 0.05) is 0 Å². The van der Waals surface area contributed by atoms with Crippen LogP contribution in [0.25, 0.3) is 0 Å². The summed E-state index contributed by atoms with van der Waals surface area (Å²) >= 11 is 3.48. The Bertz CT molecular complexity index is 86.6. The van der Waals surface area contributed by atoms with Crippen LogP contribution in [0.3, 0.4) is 0 Å². The van der Waals surface area contributed by atoms with Gasteiger partial charge in [0.25, 0.3) is 0 Å². The van der Waals surface area contributed by atoms with Crippen LogP contribution < -0.4 is 0 Å². The van der Waals surface area contributed by atoms with Gasteiger partial charge in [0.1, 0.15) is 12.2 Å². The van der Waals surface area contributed by atoms with Gasteiger partial charge < -0.3 is 0 Å². The number of hydrogen-bond donors (Lipinski definition) is 0. The Kier molecular flexibility index (Phi) is 1.10. The fourth-order valence-corrected chi connectivity index (χ4v) is 1.94. The number of rotatable bonds is 0. The summed E-state index contributed by atoms with van der Waals surface area (Å²) in [7, 11) is 0. The Labute approximate surface area is 56.2 Å². The van der Waals surface area contributed by atoms with E-state index in [4.69, 9.17) is 9.78 Å². The molecular formula is C5H7BrO2. The van der Waals surface area contributed by atoms with Crippen molar-refractivity contribution in [2.75, 3.05) is 0 Å². The molecule has 1 heterocycles. The lowest BCUT2D eigenvalue weighted by atomic mass is 10.3. The highest BCUT2D eigenvalue weighted by atomic mass is 79.9. The van der Waals surface area contributed by atoms with Gasteiger partial charge in [0.15, 0.2) is 0 Å². The standard InChI is InChI=1S/C5H7BrO2/c6-5-3-1-2-4(5)8-7-3/h3-5H,1-2H2. The third kappa shape index (κ3) is 0.551. The minimum absolute atomic E-state index is 0.333. The van der Waals surface area contributed by atoms with E-state index in [1.165, 1.54) is 0 Å². The molecule has 2 atom stereocenters. The second kappa shape index (κ2) is 1.69. The molecule has 0 radical (unpaired) electrons. The quantitative estimate of drug-likeness (QED) is 0.411. The van der Waals surface area contributed by atoms with Gasteiger partial charge >= 0.3 is 0 Å². The monoisotopic (exact) mass is 178 g/mol. The first-order chi connectivity index (χ1) is 3.88. The van der Waals surface area contributed by atoms with Crippen molar-refractivity contribution in [1.29, 1.82) is 0 Å². The third-order valence-corrected chi connectivity index (χ3v) is 2.93. The van der Waals surface area contributed by atoms with Crippen LogP contribution in [0.1, 0.15) is 12.8 Å². The first kappa shape index (κ1) is 5.21. The van der Waals surface area contributed by atoms with E-state index in [1.54, 1.807) is 0 Å². The Hall–Kier alpha value is 0.400. The van der Waals surface area contributed by atoms with Crippen molar-refractivity contribution in [2.45, 2.75) is 29.9 Å². The maximum atomic E-state index is 4.92. The van der Waals surface area contributed by atoms with Crippen molar-refractivity contribution < 1.29 is 9.78 Å². The van der Waals surface area contributed by atoms with Crippen LogP contribution in [-0.4, -0.2) is 17.0 Å². The highest BCUT2D eigenvalue weighted by Gasteiger charge is 2.43. The van der Waals surface area contributed by atoms with Crippen molar-refractivity contribution in [3.05, 3.63) is 0 Å². The largest absolute Gasteiger partial charge is 0.232 e. The molecule has 2 rings (SSSR count). The van der Waals surface area contributed by atoms with Gasteiger partial charge in [-0.15, -0.1) is 0 Å². The molecular weight excluding hydrogens is 172 g/mol. The second-order valence-electron chi connectivity index (χ2n) is 2.29. The van der Waals surface area contributed by atoms with E-state index in [0.717, 1.165) is 12.8 Å². The first-order valence-corrected chi connectivity index (χ1v) is 3.76. The van der Waals surface area contributed by atoms with Crippen LogP contribution in [-0.2, 0) is 9.78 Å². The Morgan fingerprint density at radius 2 is 1.62 bits per heavy atom. The van der Waals surface area contributed by atoms with E-state index in [2.05, 4.69) is 15.9 Å². The van der Waals surface area contributed by atoms with Crippen LogP contribution in [0.4, 0.5) is 0 Å². The SMILES string of the molecule is BrC1C2CCC1OO2. The zero-order valence-corrected chi connectivity index (χ0v) is 5.93. The highest BCUT2D eigenvalue weighted by Crippen LogP contribution is 2.37. The van der Waals surface area contributed by atoms with E-state index in [1.807, 2.05) is 0 Å². The van der Waals surface area contributed by atoms with E-state index >= 15 is 0 Å². The second-order valence-corrected chi connectivity index (χ2v) is 3.35. The topological polar surface area (TPSA) is 18.5 Å². The van der Waals surface area contributed by atoms with Gasteiger partial charge in [-0.2, -0.15) is 0 Å². The zero-order valence-electron chi connectivity index (χ0n) is 4.34. The Morgan fingerprint density at radius 1 is 1.12 bits per heavy atom. The summed E-state index contributed by atoms with van der Waals surface area (Å²) in [5, 5.41) is 0. The van der Waals surface area contributed by atoms with Gasteiger partial charge in [0.05, 0.1) is 4.83 Å². The van der Waals surface area contributed by atoms with Crippen molar-refractivity contribution >= 4 is 15.9 Å². The van der Waals surface area contributed by atoms with Gasteiger partial charge in [-0.05, 0) is 12.8 Å². The summed E-state index contributed by atoms with van der Waals surface area (Å²) in [5.74, 6) is 0. The molecule has 2 nitrogen and oxygen atoms in total. The molecule has 2 aliphatic rings. The molecule has 0 aromatic rings. The van der Waals surface area contributed by atoms with Crippen molar-refractivity contribution in [3.8, 4) is 0 Å². The average Bonchev–Trinajstić information content (AvgIpc) is 2.29. The predicted molar refractivity (Wildman–Crippen MR) is 31.7 cm³/mol. The number of fused-ring (bicyclic) bond motifs is 2. The summed E-state index contributed by atoms with van der Waals surface area (Å²) in [4.78, 5) is 10.3. The minimum atomic E-state index is 0.333. The van der Waals surface area contributed by atoms with E-state index in [-0.39, 0.29) is 0 Å². The van der Waals surface area contributed by atoms with Gasteiger partial charge in [-0.1, -0.05) is 15.9 Å². The molecule has 1 saturated carbocycles. The molecule has 8 heavy (non-hydrogen) atoms. The number of hydrogen-bond acceptors (Lipinski definition) is 2.